The quantitative estimate of drug-likeness (QED) is 0.361. The fourth-order valence-electron chi connectivity index (χ4n) is 5.53. The van der Waals surface area contributed by atoms with Gasteiger partial charge in [0.25, 0.3) is 0 Å². The van der Waals surface area contributed by atoms with Gasteiger partial charge in [-0.3, -0.25) is 19.7 Å². The second-order valence-electron chi connectivity index (χ2n) is 10.5. The van der Waals surface area contributed by atoms with Gasteiger partial charge in [-0.25, -0.2) is 4.99 Å². The number of carboxylic acids is 1. The molecule has 1 saturated heterocycles. The second kappa shape index (κ2) is 13.4. The van der Waals surface area contributed by atoms with Gasteiger partial charge in [0, 0.05) is 25.1 Å². The minimum Gasteiger partial charge on any atom is -0.491 e. The van der Waals surface area contributed by atoms with Crippen LogP contribution in [-0.4, -0.2) is 64.9 Å². The van der Waals surface area contributed by atoms with Crippen LogP contribution >= 0.6 is 0 Å². The van der Waals surface area contributed by atoms with Crippen LogP contribution in [0.15, 0.2) is 23.2 Å². The summed E-state index contributed by atoms with van der Waals surface area (Å²) in [7, 11) is 0. The molecular weight excluding hydrogens is 472 g/mol. The highest BCUT2D eigenvalue weighted by Crippen LogP contribution is 2.36. The highest BCUT2D eigenvalue weighted by atomic mass is 16.5. The van der Waals surface area contributed by atoms with E-state index in [1.54, 1.807) is 0 Å². The van der Waals surface area contributed by atoms with Gasteiger partial charge >= 0.3 is 5.97 Å². The number of rotatable bonds is 14. The van der Waals surface area contributed by atoms with Gasteiger partial charge < -0.3 is 19.6 Å². The molecule has 9 heteroatoms. The number of para-hydroxylation sites is 1. The number of carbonyl (C=O) groups excluding carboxylic acids is 2. The Morgan fingerprint density at radius 2 is 1.92 bits per heavy atom. The Morgan fingerprint density at radius 1 is 1.08 bits per heavy atom. The van der Waals surface area contributed by atoms with E-state index in [0.29, 0.717) is 50.8 Å². The summed E-state index contributed by atoms with van der Waals surface area (Å²) in [5.41, 5.74) is 1.79. The lowest BCUT2D eigenvalue weighted by Gasteiger charge is -2.24. The van der Waals surface area contributed by atoms with Crippen LogP contribution in [0.25, 0.3) is 0 Å². The van der Waals surface area contributed by atoms with Gasteiger partial charge in [-0.05, 0) is 37.7 Å². The Balaban J connectivity index is 1.14. The van der Waals surface area contributed by atoms with Crippen LogP contribution in [0, 0.1) is 5.92 Å². The molecule has 4 rings (SSSR count). The zero-order chi connectivity index (χ0) is 26.0. The maximum Gasteiger partial charge on any atom is 0.323 e. The van der Waals surface area contributed by atoms with Crippen LogP contribution < -0.4 is 10.1 Å². The Kier molecular flexibility index (Phi) is 9.79. The number of aliphatic imine (C=N–C) groups is 1. The van der Waals surface area contributed by atoms with E-state index in [-0.39, 0.29) is 18.4 Å². The molecule has 2 amide bonds. The van der Waals surface area contributed by atoms with E-state index in [1.165, 1.54) is 43.4 Å². The fourth-order valence-corrected chi connectivity index (χ4v) is 5.53. The lowest BCUT2D eigenvalue weighted by atomic mass is 9.86. The molecule has 2 aliphatic heterocycles. The number of nitrogens with one attached hydrogen (secondary N) is 1. The van der Waals surface area contributed by atoms with E-state index in [9.17, 15) is 19.5 Å². The van der Waals surface area contributed by atoms with Crippen LogP contribution in [0.5, 0.6) is 5.75 Å². The third-order valence-corrected chi connectivity index (χ3v) is 7.53. The van der Waals surface area contributed by atoms with Crippen molar-refractivity contribution in [2.75, 3.05) is 26.2 Å². The van der Waals surface area contributed by atoms with Crippen molar-refractivity contribution in [2.24, 2.45) is 10.9 Å². The summed E-state index contributed by atoms with van der Waals surface area (Å²) >= 11 is 0. The summed E-state index contributed by atoms with van der Waals surface area (Å²) in [5, 5.41) is 12.0. The second-order valence-corrected chi connectivity index (χ2v) is 10.5. The number of amides is 2. The number of aliphatic carboxylic acids is 1. The fraction of sp³-hybridized carbons (Fsp3) is 0.643. The van der Waals surface area contributed by atoms with Crippen molar-refractivity contribution in [1.82, 2.24) is 15.1 Å². The molecule has 1 aromatic carbocycles. The topological polar surface area (TPSA) is 112 Å². The van der Waals surface area contributed by atoms with Gasteiger partial charge in [0.05, 0.1) is 6.61 Å². The smallest absolute Gasteiger partial charge is 0.323 e. The van der Waals surface area contributed by atoms with Crippen molar-refractivity contribution in [1.29, 1.82) is 0 Å². The molecule has 37 heavy (non-hydrogen) atoms. The summed E-state index contributed by atoms with van der Waals surface area (Å²) in [6.45, 7) is 1.77. The molecule has 0 spiro atoms. The van der Waals surface area contributed by atoms with E-state index in [4.69, 9.17) is 4.74 Å². The minimum absolute atomic E-state index is 0.0510. The van der Waals surface area contributed by atoms with Crippen LogP contribution in [0.3, 0.4) is 0 Å². The molecular formula is C28H40N4O5. The number of carbonyl (C=O) groups is 3. The first-order valence-electron chi connectivity index (χ1n) is 13.9. The van der Waals surface area contributed by atoms with Gasteiger partial charge in [0.2, 0.25) is 17.8 Å². The maximum atomic E-state index is 12.7. The summed E-state index contributed by atoms with van der Waals surface area (Å²) < 4.78 is 5.99. The van der Waals surface area contributed by atoms with E-state index < -0.39 is 5.97 Å². The first-order chi connectivity index (χ1) is 18.0. The van der Waals surface area contributed by atoms with Crippen LogP contribution in [0.2, 0.25) is 0 Å². The van der Waals surface area contributed by atoms with Crippen LogP contribution in [0.1, 0.15) is 82.6 Å². The minimum atomic E-state index is -0.955. The number of guanidine groups is 1. The van der Waals surface area contributed by atoms with Crippen molar-refractivity contribution >= 4 is 29.4 Å². The highest BCUT2D eigenvalue weighted by Gasteiger charge is 2.30. The average molecular weight is 513 g/mol. The third kappa shape index (κ3) is 7.94. The first-order valence-corrected chi connectivity index (χ1v) is 13.9. The molecule has 1 saturated carbocycles. The molecule has 0 bridgehead atoms. The Labute approximate surface area is 219 Å². The van der Waals surface area contributed by atoms with Gasteiger partial charge in [0.1, 0.15) is 24.5 Å². The number of benzene rings is 1. The van der Waals surface area contributed by atoms with Gasteiger partial charge in [0.15, 0.2) is 0 Å². The molecule has 0 atom stereocenters. The maximum absolute atomic E-state index is 12.7. The SMILES string of the molecule is O=C(O)CN(CCCCC1CCCCC1)C(=O)CCCCCOc1cccc2c1N=C1NC(=O)CN1C2. The summed E-state index contributed by atoms with van der Waals surface area (Å²) in [4.78, 5) is 43.6. The van der Waals surface area contributed by atoms with Crippen molar-refractivity contribution in [3.05, 3.63) is 23.8 Å². The number of carboxylic acid groups (broad SMARTS) is 1. The molecule has 3 aliphatic rings. The van der Waals surface area contributed by atoms with Gasteiger partial charge in [-0.1, -0.05) is 57.1 Å². The lowest BCUT2D eigenvalue weighted by molar-refractivity contribution is -0.144. The zero-order valence-corrected chi connectivity index (χ0v) is 21.8. The molecule has 2 N–H and O–H groups in total. The predicted molar refractivity (Wildman–Crippen MR) is 141 cm³/mol. The average Bonchev–Trinajstić information content (AvgIpc) is 3.25. The summed E-state index contributed by atoms with van der Waals surface area (Å²) in [6.07, 6.45) is 12.5. The number of nitrogens with zero attached hydrogens (tertiary/aromatic N) is 3. The van der Waals surface area contributed by atoms with Crippen molar-refractivity contribution in [2.45, 2.75) is 83.6 Å². The zero-order valence-electron chi connectivity index (χ0n) is 21.8. The standard InChI is InChI=1S/C28H40N4O5/c33-24-19-32-18-22-13-9-14-23(27(22)30-28(32)29-24)37-17-8-2-5-15-25(34)31(20-26(35)36)16-7-6-12-21-10-3-1-4-11-21/h9,13-14,21H,1-8,10-12,15-20H2,(H,35,36)(H,29,30,33). The van der Waals surface area contributed by atoms with Crippen LogP contribution in [-0.2, 0) is 20.9 Å². The van der Waals surface area contributed by atoms with E-state index in [0.717, 1.165) is 42.9 Å². The van der Waals surface area contributed by atoms with E-state index in [1.807, 2.05) is 23.1 Å². The molecule has 0 aromatic heterocycles. The monoisotopic (exact) mass is 512 g/mol. The number of unbranched alkanes of at least 4 members (excludes halogenated alkanes) is 3. The molecule has 9 nitrogen and oxygen atoms in total. The Bertz CT molecular complexity index is 989. The number of fused-ring (bicyclic) bond motifs is 2. The lowest BCUT2D eigenvalue weighted by Crippen LogP contribution is -2.36. The van der Waals surface area contributed by atoms with Gasteiger partial charge in [-0.15, -0.1) is 0 Å². The van der Waals surface area contributed by atoms with Crippen molar-refractivity contribution < 1.29 is 24.2 Å². The van der Waals surface area contributed by atoms with Gasteiger partial charge in [-0.2, -0.15) is 0 Å². The van der Waals surface area contributed by atoms with Crippen molar-refractivity contribution in [3.8, 4) is 5.75 Å². The largest absolute Gasteiger partial charge is 0.491 e. The third-order valence-electron chi connectivity index (χ3n) is 7.53. The Hall–Kier alpha value is -3.10. The molecule has 202 valence electrons. The number of hydrogen-bond acceptors (Lipinski definition) is 6. The number of ether oxygens (including phenoxy) is 1. The molecule has 1 aliphatic carbocycles. The highest BCUT2D eigenvalue weighted by molar-refractivity contribution is 6.06. The van der Waals surface area contributed by atoms with E-state index in [2.05, 4.69) is 10.3 Å². The number of hydrogen-bond donors (Lipinski definition) is 2. The van der Waals surface area contributed by atoms with E-state index >= 15 is 0 Å². The summed E-state index contributed by atoms with van der Waals surface area (Å²) in [6, 6.07) is 5.82. The molecule has 0 radical (unpaired) electrons. The first kappa shape index (κ1) is 26.9. The molecule has 1 aromatic rings. The predicted octanol–water partition coefficient (Wildman–Crippen LogP) is 4.22. The van der Waals surface area contributed by atoms with Crippen molar-refractivity contribution in [3.63, 3.8) is 0 Å². The summed E-state index contributed by atoms with van der Waals surface area (Å²) in [5.74, 6) is 1.01. The molecule has 0 unspecified atom stereocenters. The van der Waals surface area contributed by atoms with Crippen LogP contribution in [0.4, 0.5) is 5.69 Å². The molecule has 2 heterocycles. The normalized spacial score (nSPS) is 17.0. The Morgan fingerprint density at radius 3 is 2.73 bits per heavy atom. The molecule has 2 fully saturated rings.